The Bertz CT molecular complexity index is 1090. The Morgan fingerprint density at radius 1 is 1.03 bits per heavy atom. The van der Waals surface area contributed by atoms with Gasteiger partial charge in [0.1, 0.15) is 6.04 Å². The smallest absolute Gasteiger partial charge is 0.245 e. The molecule has 5 rings (SSSR count). The first-order chi connectivity index (χ1) is 16.4. The molecule has 0 N–H and O–H groups in total. The number of benzene rings is 1. The number of carbonyl (C=O) groups excluding carboxylic acids is 3. The molecule has 178 valence electrons. The zero-order chi connectivity index (χ0) is 23.8. The molecule has 2 fully saturated rings. The lowest BCUT2D eigenvalue weighted by atomic mass is 9.85. The van der Waals surface area contributed by atoms with E-state index in [1.54, 1.807) is 11.8 Å². The van der Waals surface area contributed by atoms with Gasteiger partial charge in [-0.25, -0.2) is 0 Å². The van der Waals surface area contributed by atoms with E-state index in [0.717, 1.165) is 5.56 Å². The molecule has 3 aliphatic rings. The molecule has 0 saturated carbocycles. The van der Waals surface area contributed by atoms with Crippen molar-refractivity contribution >= 4 is 17.7 Å². The van der Waals surface area contributed by atoms with Crippen molar-refractivity contribution in [1.82, 2.24) is 24.8 Å². The van der Waals surface area contributed by atoms with Crippen molar-refractivity contribution in [3.8, 4) is 11.4 Å². The van der Waals surface area contributed by atoms with E-state index in [1.807, 2.05) is 43.3 Å². The number of likely N-dealkylation sites (tertiary alicyclic amines) is 1. The lowest BCUT2D eigenvalue weighted by molar-refractivity contribution is -0.151. The van der Waals surface area contributed by atoms with E-state index in [-0.39, 0.29) is 29.6 Å². The summed E-state index contributed by atoms with van der Waals surface area (Å²) in [4.78, 5) is 48.4. The highest BCUT2D eigenvalue weighted by Gasteiger charge is 2.50. The van der Waals surface area contributed by atoms with Gasteiger partial charge in [-0.2, -0.15) is 4.98 Å². The van der Waals surface area contributed by atoms with Gasteiger partial charge in [0.05, 0.1) is 18.4 Å². The molecule has 0 radical (unpaired) electrons. The van der Waals surface area contributed by atoms with Gasteiger partial charge in [-0.3, -0.25) is 24.2 Å². The standard InChI is InChI=1S/C25H29N5O4/c1-16-7-9-18(10-8-16)22-26-21(34-27-22)15-28-11-13-29(14-12-28)23(31)17(2)30-24(32)19-5-3-4-6-20(19)25(30)33/h3-4,7-10,17,19-20H,5-6,11-15H2,1-2H3/t17-,19+,20+/m0/s1. The second kappa shape index (κ2) is 9.13. The fourth-order valence-corrected chi connectivity index (χ4v) is 5.04. The van der Waals surface area contributed by atoms with Crippen LogP contribution in [0.15, 0.2) is 40.9 Å². The third kappa shape index (κ3) is 4.16. The largest absolute Gasteiger partial charge is 0.338 e. The van der Waals surface area contributed by atoms with Crippen LogP contribution < -0.4 is 0 Å². The van der Waals surface area contributed by atoms with Gasteiger partial charge in [0.25, 0.3) is 0 Å². The third-order valence-corrected chi connectivity index (χ3v) is 7.11. The van der Waals surface area contributed by atoms with Gasteiger partial charge < -0.3 is 9.42 Å². The topological polar surface area (TPSA) is 99.9 Å². The van der Waals surface area contributed by atoms with Crippen LogP contribution in [0.5, 0.6) is 0 Å². The normalized spacial score (nSPS) is 23.9. The van der Waals surface area contributed by atoms with Crippen LogP contribution in [0.2, 0.25) is 0 Å². The highest BCUT2D eigenvalue weighted by Crippen LogP contribution is 2.36. The Morgan fingerprint density at radius 2 is 1.65 bits per heavy atom. The highest BCUT2D eigenvalue weighted by molar-refractivity contribution is 6.08. The fraction of sp³-hybridized carbons (Fsp3) is 0.480. The number of fused-ring (bicyclic) bond motifs is 1. The minimum Gasteiger partial charge on any atom is -0.338 e. The van der Waals surface area contributed by atoms with E-state index in [9.17, 15) is 14.4 Å². The number of piperazine rings is 1. The monoisotopic (exact) mass is 463 g/mol. The van der Waals surface area contributed by atoms with E-state index in [4.69, 9.17) is 4.52 Å². The van der Waals surface area contributed by atoms with Crippen molar-refractivity contribution in [2.75, 3.05) is 26.2 Å². The van der Waals surface area contributed by atoms with Gasteiger partial charge in [-0.05, 0) is 26.7 Å². The summed E-state index contributed by atoms with van der Waals surface area (Å²) in [6.45, 7) is 6.55. The molecule has 34 heavy (non-hydrogen) atoms. The van der Waals surface area contributed by atoms with Crippen LogP contribution in [0.4, 0.5) is 0 Å². The number of nitrogens with zero attached hydrogens (tertiary/aromatic N) is 5. The molecule has 3 heterocycles. The number of aromatic nitrogens is 2. The summed E-state index contributed by atoms with van der Waals surface area (Å²) in [5.41, 5.74) is 2.08. The first kappa shape index (κ1) is 22.5. The summed E-state index contributed by atoms with van der Waals surface area (Å²) >= 11 is 0. The van der Waals surface area contributed by atoms with E-state index < -0.39 is 6.04 Å². The molecule has 2 aliphatic heterocycles. The first-order valence-electron chi connectivity index (χ1n) is 11.8. The van der Waals surface area contributed by atoms with Gasteiger partial charge in [0.15, 0.2) is 0 Å². The van der Waals surface area contributed by atoms with Gasteiger partial charge in [-0.1, -0.05) is 47.1 Å². The molecule has 1 aromatic carbocycles. The first-order valence-corrected chi connectivity index (χ1v) is 11.8. The zero-order valence-corrected chi connectivity index (χ0v) is 19.5. The Kier molecular flexibility index (Phi) is 6.03. The van der Waals surface area contributed by atoms with Gasteiger partial charge in [-0.15, -0.1) is 0 Å². The molecule has 0 spiro atoms. The van der Waals surface area contributed by atoms with Gasteiger partial charge in [0, 0.05) is 31.7 Å². The molecule has 9 nitrogen and oxygen atoms in total. The zero-order valence-electron chi connectivity index (χ0n) is 19.5. The summed E-state index contributed by atoms with van der Waals surface area (Å²) in [5, 5.41) is 4.09. The van der Waals surface area contributed by atoms with Crippen LogP contribution in [-0.4, -0.2) is 74.8 Å². The SMILES string of the molecule is Cc1ccc(-c2noc(CN3CCN(C(=O)[C@H](C)N4C(=O)[C@@H]5CC=CC[C@H]5C4=O)CC3)n2)cc1. The maximum absolute atomic E-state index is 13.1. The number of amides is 3. The van der Waals surface area contributed by atoms with Crippen LogP contribution in [0, 0.1) is 18.8 Å². The summed E-state index contributed by atoms with van der Waals surface area (Å²) in [5.74, 6) is -0.124. The summed E-state index contributed by atoms with van der Waals surface area (Å²) < 4.78 is 5.43. The maximum Gasteiger partial charge on any atom is 0.245 e. The predicted molar refractivity (Wildman–Crippen MR) is 123 cm³/mol. The Labute approximate surface area is 198 Å². The highest BCUT2D eigenvalue weighted by atomic mass is 16.5. The van der Waals surface area contributed by atoms with E-state index in [1.165, 1.54) is 10.5 Å². The summed E-state index contributed by atoms with van der Waals surface area (Å²) in [7, 11) is 0. The molecular weight excluding hydrogens is 434 g/mol. The van der Waals surface area contributed by atoms with Crippen molar-refractivity contribution < 1.29 is 18.9 Å². The molecule has 3 amide bonds. The number of rotatable bonds is 5. The number of aryl methyl sites for hydroxylation is 1. The number of hydrogen-bond donors (Lipinski definition) is 0. The fourth-order valence-electron chi connectivity index (χ4n) is 5.04. The average molecular weight is 464 g/mol. The lowest BCUT2D eigenvalue weighted by Crippen LogP contribution is -2.55. The Morgan fingerprint density at radius 3 is 2.26 bits per heavy atom. The van der Waals surface area contributed by atoms with Crippen LogP contribution in [-0.2, 0) is 20.9 Å². The van der Waals surface area contributed by atoms with Crippen molar-refractivity contribution in [2.24, 2.45) is 11.8 Å². The molecule has 0 unspecified atom stereocenters. The molecule has 2 saturated heterocycles. The molecule has 9 heteroatoms. The lowest BCUT2D eigenvalue weighted by Gasteiger charge is -2.36. The molecular formula is C25H29N5O4. The quantitative estimate of drug-likeness (QED) is 0.494. The van der Waals surface area contributed by atoms with Crippen LogP contribution in [0.3, 0.4) is 0 Å². The van der Waals surface area contributed by atoms with Crippen molar-refractivity contribution in [3.05, 3.63) is 47.9 Å². The predicted octanol–water partition coefficient (Wildman–Crippen LogP) is 2.03. The molecule has 3 atom stereocenters. The second-order valence-corrected chi connectivity index (χ2v) is 9.36. The van der Waals surface area contributed by atoms with Crippen LogP contribution in [0.1, 0.15) is 31.2 Å². The molecule has 1 aliphatic carbocycles. The van der Waals surface area contributed by atoms with Crippen LogP contribution >= 0.6 is 0 Å². The number of hydrogen-bond acceptors (Lipinski definition) is 7. The summed E-state index contributed by atoms with van der Waals surface area (Å²) in [6.07, 6.45) is 5.06. The van der Waals surface area contributed by atoms with E-state index in [2.05, 4.69) is 15.0 Å². The van der Waals surface area contributed by atoms with Crippen molar-refractivity contribution in [3.63, 3.8) is 0 Å². The van der Waals surface area contributed by atoms with Crippen LogP contribution in [0.25, 0.3) is 11.4 Å². The van der Waals surface area contributed by atoms with Crippen molar-refractivity contribution in [2.45, 2.75) is 39.3 Å². The number of imide groups is 1. The molecule has 2 aromatic rings. The minimum absolute atomic E-state index is 0.174. The molecule has 0 bridgehead atoms. The average Bonchev–Trinajstić information content (AvgIpc) is 3.42. The minimum atomic E-state index is -0.773. The second-order valence-electron chi connectivity index (χ2n) is 9.36. The molecule has 1 aromatic heterocycles. The van der Waals surface area contributed by atoms with E-state index in [0.29, 0.717) is 57.3 Å². The number of allylic oxidation sites excluding steroid dienone is 2. The number of carbonyl (C=O) groups is 3. The third-order valence-electron chi connectivity index (χ3n) is 7.11. The van der Waals surface area contributed by atoms with Gasteiger partial charge in [0.2, 0.25) is 29.4 Å². The summed E-state index contributed by atoms with van der Waals surface area (Å²) in [6, 6.07) is 7.19. The Balaban J connectivity index is 1.15. The van der Waals surface area contributed by atoms with Gasteiger partial charge >= 0.3 is 0 Å². The maximum atomic E-state index is 13.1. The van der Waals surface area contributed by atoms with E-state index >= 15 is 0 Å². The van der Waals surface area contributed by atoms with Crippen molar-refractivity contribution in [1.29, 1.82) is 0 Å². The Hall–Kier alpha value is -3.33.